The lowest BCUT2D eigenvalue weighted by atomic mass is 10.1. The van der Waals surface area contributed by atoms with Crippen LogP contribution in [0.1, 0.15) is 18.5 Å². The van der Waals surface area contributed by atoms with Gasteiger partial charge in [0.1, 0.15) is 5.75 Å². The van der Waals surface area contributed by atoms with Crippen molar-refractivity contribution in [2.45, 2.75) is 13.0 Å². The maximum absolute atomic E-state index is 5.11. The minimum Gasteiger partial charge on any atom is -0.497 e. The van der Waals surface area contributed by atoms with Gasteiger partial charge in [0.25, 0.3) is 0 Å². The van der Waals surface area contributed by atoms with Crippen molar-refractivity contribution in [1.29, 1.82) is 0 Å². The second-order valence-electron chi connectivity index (χ2n) is 3.39. The van der Waals surface area contributed by atoms with E-state index in [-0.39, 0.29) is 0 Å². The van der Waals surface area contributed by atoms with Gasteiger partial charge in [-0.3, -0.25) is 0 Å². The molecule has 0 aliphatic rings. The van der Waals surface area contributed by atoms with Crippen LogP contribution in [0.25, 0.3) is 0 Å². The van der Waals surface area contributed by atoms with Crippen LogP contribution in [0, 0.1) is 0 Å². The first kappa shape index (κ1) is 12.3. The minimum absolute atomic E-state index is 0.310. The molecule has 2 nitrogen and oxygen atoms in total. The van der Waals surface area contributed by atoms with Crippen LogP contribution in [0.2, 0.25) is 0 Å². The van der Waals surface area contributed by atoms with E-state index >= 15 is 0 Å². The third-order valence-corrected chi connectivity index (χ3v) is 2.50. The number of rotatable bonds is 5. The predicted octanol–water partition coefficient (Wildman–Crippen LogP) is 3.25. The number of methoxy groups -OCH3 is 1. The number of benzene rings is 1. The standard InChI is InChI=1S/C12H16BrNO/c1-9(13)8-14-10(2)11-4-6-12(15-3)7-5-11/h4-7,10,14H,1,8H2,2-3H3/t10-/m1/s1. The van der Waals surface area contributed by atoms with E-state index in [4.69, 9.17) is 4.74 Å². The molecule has 1 aromatic carbocycles. The monoisotopic (exact) mass is 269 g/mol. The summed E-state index contributed by atoms with van der Waals surface area (Å²) in [5, 5.41) is 3.35. The van der Waals surface area contributed by atoms with Gasteiger partial charge in [-0.15, -0.1) is 0 Å². The molecule has 0 radical (unpaired) electrons. The zero-order valence-corrected chi connectivity index (χ0v) is 10.7. The molecule has 82 valence electrons. The summed E-state index contributed by atoms with van der Waals surface area (Å²) in [5.41, 5.74) is 1.24. The molecule has 3 heteroatoms. The highest BCUT2D eigenvalue weighted by atomic mass is 79.9. The van der Waals surface area contributed by atoms with Crippen molar-refractivity contribution in [3.63, 3.8) is 0 Å². The van der Waals surface area contributed by atoms with Gasteiger partial charge in [-0.25, -0.2) is 0 Å². The number of ether oxygens (including phenoxy) is 1. The Kier molecular flexibility index (Phi) is 4.85. The van der Waals surface area contributed by atoms with E-state index in [9.17, 15) is 0 Å². The number of halogens is 1. The van der Waals surface area contributed by atoms with E-state index in [1.54, 1.807) is 7.11 Å². The van der Waals surface area contributed by atoms with E-state index in [0.717, 1.165) is 16.8 Å². The van der Waals surface area contributed by atoms with Crippen LogP contribution >= 0.6 is 15.9 Å². The Hall–Kier alpha value is -0.800. The average molecular weight is 270 g/mol. The Morgan fingerprint density at radius 3 is 2.53 bits per heavy atom. The summed E-state index contributed by atoms with van der Waals surface area (Å²) in [6, 6.07) is 8.37. The second-order valence-corrected chi connectivity index (χ2v) is 4.51. The fraction of sp³-hybridized carbons (Fsp3) is 0.333. The Balaban J connectivity index is 2.57. The molecule has 15 heavy (non-hydrogen) atoms. The molecule has 0 unspecified atom stereocenters. The first-order chi connectivity index (χ1) is 7.13. The van der Waals surface area contributed by atoms with Crippen molar-refractivity contribution in [2.24, 2.45) is 0 Å². The van der Waals surface area contributed by atoms with Crippen LogP contribution in [-0.2, 0) is 0 Å². The average Bonchev–Trinajstić information content (AvgIpc) is 2.26. The number of hydrogen-bond acceptors (Lipinski definition) is 2. The Morgan fingerprint density at radius 1 is 1.47 bits per heavy atom. The van der Waals surface area contributed by atoms with Gasteiger partial charge in [-0.1, -0.05) is 34.6 Å². The highest BCUT2D eigenvalue weighted by molar-refractivity contribution is 9.11. The maximum Gasteiger partial charge on any atom is 0.118 e. The lowest BCUT2D eigenvalue weighted by Crippen LogP contribution is -2.19. The van der Waals surface area contributed by atoms with Crippen LogP contribution in [0.4, 0.5) is 0 Å². The molecule has 0 spiro atoms. The fourth-order valence-electron chi connectivity index (χ4n) is 1.27. The second kappa shape index (κ2) is 5.93. The van der Waals surface area contributed by atoms with E-state index < -0.39 is 0 Å². The molecule has 0 saturated heterocycles. The third kappa shape index (κ3) is 4.06. The van der Waals surface area contributed by atoms with Gasteiger partial charge in [-0.2, -0.15) is 0 Å². The van der Waals surface area contributed by atoms with Crippen molar-refractivity contribution < 1.29 is 4.74 Å². The van der Waals surface area contributed by atoms with Crippen LogP contribution in [0.3, 0.4) is 0 Å². The molecule has 1 N–H and O–H groups in total. The molecule has 1 atom stereocenters. The molecule has 0 bridgehead atoms. The smallest absolute Gasteiger partial charge is 0.118 e. The van der Waals surface area contributed by atoms with Crippen molar-refractivity contribution >= 4 is 15.9 Å². The summed E-state index contributed by atoms with van der Waals surface area (Å²) in [4.78, 5) is 0. The van der Waals surface area contributed by atoms with Gasteiger partial charge < -0.3 is 10.1 Å². The predicted molar refractivity (Wildman–Crippen MR) is 67.5 cm³/mol. The van der Waals surface area contributed by atoms with Crippen LogP contribution in [0.5, 0.6) is 5.75 Å². The van der Waals surface area contributed by atoms with Gasteiger partial charge >= 0.3 is 0 Å². The quantitative estimate of drug-likeness (QED) is 0.886. The maximum atomic E-state index is 5.11. The lowest BCUT2D eigenvalue weighted by Gasteiger charge is -2.14. The zero-order valence-electron chi connectivity index (χ0n) is 9.09. The van der Waals surface area contributed by atoms with Crippen LogP contribution in [-0.4, -0.2) is 13.7 Å². The molecule has 0 saturated carbocycles. The minimum atomic E-state index is 0.310. The molecule has 1 rings (SSSR count). The highest BCUT2D eigenvalue weighted by Gasteiger charge is 2.04. The van der Waals surface area contributed by atoms with E-state index in [0.29, 0.717) is 6.04 Å². The summed E-state index contributed by atoms with van der Waals surface area (Å²) < 4.78 is 6.07. The van der Waals surface area contributed by atoms with Crippen molar-refractivity contribution in [3.8, 4) is 5.75 Å². The topological polar surface area (TPSA) is 21.3 Å². The van der Waals surface area contributed by atoms with Gasteiger partial charge in [0.2, 0.25) is 0 Å². The summed E-state index contributed by atoms with van der Waals surface area (Å²) in [6.07, 6.45) is 0. The van der Waals surface area contributed by atoms with E-state index in [2.05, 4.69) is 46.9 Å². The normalized spacial score (nSPS) is 12.2. The van der Waals surface area contributed by atoms with Gasteiger partial charge in [0.15, 0.2) is 0 Å². The van der Waals surface area contributed by atoms with Gasteiger partial charge in [0, 0.05) is 17.1 Å². The number of nitrogens with one attached hydrogen (secondary N) is 1. The SMILES string of the molecule is C=C(Br)CN[C@H](C)c1ccc(OC)cc1. The van der Waals surface area contributed by atoms with Crippen LogP contribution < -0.4 is 10.1 Å². The molecule has 0 fully saturated rings. The molecule has 0 heterocycles. The van der Waals surface area contributed by atoms with Crippen molar-refractivity contribution in [2.75, 3.05) is 13.7 Å². The highest BCUT2D eigenvalue weighted by Crippen LogP contribution is 2.17. The molecular formula is C12H16BrNO. The first-order valence-electron chi connectivity index (χ1n) is 4.84. The molecule has 0 aromatic heterocycles. The summed E-state index contributed by atoms with van der Waals surface area (Å²) in [7, 11) is 1.67. The molecule has 0 amide bonds. The van der Waals surface area contributed by atoms with E-state index in [1.807, 2.05) is 12.1 Å². The zero-order chi connectivity index (χ0) is 11.3. The summed E-state index contributed by atoms with van der Waals surface area (Å²) in [6.45, 7) is 6.68. The van der Waals surface area contributed by atoms with Gasteiger partial charge in [0.05, 0.1) is 7.11 Å². The molecule has 1 aromatic rings. The van der Waals surface area contributed by atoms with Crippen molar-refractivity contribution in [1.82, 2.24) is 5.32 Å². The molecule has 0 aliphatic heterocycles. The fourth-order valence-corrected chi connectivity index (χ4v) is 1.44. The van der Waals surface area contributed by atoms with Crippen molar-refractivity contribution in [3.05, 3.63) is 40.9 Å². The summed E-state index contributed by atoms with van der Waals surface area (Å²) in [5.74, 6) is 0.885. The third-order valence-electron chi connectivity index (χ3n) is 2.22. The summed E-state index contributed by atoms with van der Waals surface area (Å²) >= 11 is 3.32. The largest absolute Gasteiger partial charge is 0.497 e. The molecular weight excluding hydrogens is 254 g/mol. The van der Waals surface area contributed by atoms with Crippen LogP contribution in [0.15, 0.2) is 35.3 Å². The Morgan fingerprint density at radius 2 is 2.07 bits per heavy atom. The van der Waals surface area contributed by atoms with Gasteiger partial charge in [-0.05, 0) is 24.6 Å². The number of hydrogen-bond donors (Lipinski definition) is 1. The Bertz CT molecular complexity index is 321. The van der Waals surface area contributed by atoms with E-state index in [1.165, 1.54) is 5.56 Å². The first-order valence-corrected chi connectivity index (χ1v) is 5.63. The Labute approximate surface area is 99.5 Å². The lowest BCUT2D eigenvalue weighted by molar-refractivity contribution is 0.414. The molecule has 0 aliphatic carbocycles.